The molecule has 1 atom stereocenters. The Kier molecular flexibility index (Phi) is 7.59. The number of nitrogens with two attached hydrogens (primary N) is 1. The fourth-order valence-electron chi connectivity index (χ4n) is 1.47. The molecular weight excluding hydrogens is 230 g/mol. The summed E-state index contributed by atoms with van der Waals surface area (Å²) in [5, 5.41) is 5.52. The van der Waals surface area contributed by atoms with E-state index >= 15 is 0 Å². The molecular formula is C13H27N3O2. The summed E-state index contributed by atoms with van der Waals surface area (Å²) >= 11 is 0. The highest BCUT2D eigenvalue weighted by Crippen LogP contribution is 1.99. The molecule has 0 heterocycles. The van der Waals surface area contributed by atoms with Gasteiger partial charge in [0.15, 0.2) is 0 Å². The summed E-state index contributed by atoms with van der Waals surface area (Å²) < 4.78 is 0. The molecule has 1 unspecified atom stereocenters. The van der Waals surface area contributed by atoms with Crippen molar-refractivity contribution in [1.29, 1.82) is 0 Å². The van der Waals surface area contributed by atoms with Gasteiger partial charge in [0.25, 0.3) is 0 Å². The second-order valence-electron chi connectivity index (χ2n) is 5.59. The maximum absolute atomic E-state index is 11.5. The van der Waals surface area contributed by atoms with E-state index in [1.54, 1.807) is 0 Å². The number of carbonyl (C=O) groups is 2. The number of amides is 2. The molecule has 0 aliphatic heterocycles. The van der Waals surface area contributed by atoms with Crippen molar-refractivity contribution >= 4 is 11.8 Å². The van der Waals surface area contributed by atoms with Crippen LogP contribution in [0.1, 0.15) is 53.4 Å². The first-order valence-electron chi connectivity index (χ1n) is 6.60. The Bertz CT molecular complexity index is 272. The summed E-state index contributed by atoms with van der Waals surface area (Å²) in [5.41, 5.74) is 5.47. The van der Waals surface area contributed by atoms with E-state index in [0.29, 0.717) is 13.0 Å². The molecule has 106 valence electrons. The van der Waals surface area contributed by atoms with Crippen LogP contribution in [-0.4, -0.2) is 29.9 Å². The van der Waals surface area contributed by atoms with Crippen LogP contribution in [0.3, 0.4) is 0 Å². The third kappa shape index (κ3) is 8.98. The molecule has 0 bridgehead atoms. The maximum atomic E-state index is 11.5. The molecule has 0 aromatic carbocycles. The fraction of sp³-hybridized carbons (Fsp3) is 0.846. The second kappa shape index (κ2) is 8.08. The number of carbonyl (C=O) groups excluding carboxylic acids is 2. The highest BCUT2D eigenvalue weighted by Gasteiger charge is 2.15. The van der Waals surface area contributed by atoms with E-state index < -0.39 is 6.04 Å². The van der Waals surface area contributed by atoms with Crippen molar-refractivity contribution in [1.82, 2.24) is 10.6 Å². The molecule has 0 saturated carbocycles. The zero-order valence-electron chi connectivity index (χ0n) is 12.0. The summed E-state index contributed by atoms with van der Waals surface area (Å²) in [7, 11) is 0. The Balaban J connectivity index is 3.77. The molecule has 0 fully saturated rings. The largest absolute Gasteiger partial charge is 0.354 e. The molecule has 5 heteroatoms. The van der Waals surface area contributed by atoms with Gasteiger partial charge >= 0.3 is 0 Å². The minimum Gasteiger partial charge on any atom is -0.354 e. The lowest BCUT2D eigenvalue weighted by atomic mass is 10.1. The van der Waals surface area contributed by atoms with Crippen LogP contribution in [-0.2, 0) is 9.59 Å². The second-order valence-corrected chi connectivity index (χ2v) is 5.59. The Morgan fingerprint density at radius 3 is 2.39 bits per heavy atom. The number of hydrogen-bond acceptors (Lipinski definition) is 3. The summed E-state index contributed by atoms with van der Waals surface area (Å²) in [4.78, 5) is 23.0. The maximum Gasteiger partial charge on any atom is 0.236 e. The van der Waals surface area contributed by atoms with Crippen molar-refractivity contribution in [3.8, 4) is 0 Å². The van der Waals surface area contributed by atoms with Crippen LogP contribution in [0.25, 0.3) is 0 Å². The molecule has 0 aromatic rings. The van der Waals surface area contributed by atoms with Gasteiger partial charge < -0.3 is 16.4 Å². The lowest BCUT2D eigenvalue weighted by Gasteiger charge is -2.20. The van der Waals surface area contributed by atoms with Gasteiger partial charge in [-0.2, -0.15) is 0 Å². The number of rotatable bonds is 7. The third-order valence-electron chi connectivity index (χ3n) is 2.37. The molecule has 0 aliphatic carbocycles. The van der Waals surface area contributed by atoms with Gasteiger partial charge in [-0.05, 0) is 27.2 Å². The molecule has 0 aliphatic rings. The van der Waals surface area contributed by atoms with E-state index in [0.717, 1.165) is 12.8 Å². The van der Waals surface area contributed by atoms with Crippen molar-refractivity contribution in [2.24, 2.45) is 5.73 Å². The third-order valence-corrected chi connectivity index (χ3v) is 2.37. The van der Waals surface area contributed by atoms with Crippen molar-refractivity contribution in [2.45, 2.75) is 65.0 Å². The van der Waals surface area contributed by atoms with E-state index in [1.165, 1.54) is 0 Å². The number of unbranched alkanes of at least 4 members (excludes halogenated alkanes) is 1. The van der Waals surface area contributed by atoms with Gasteiger partial charge in [-0.1, -0.05) is 19.8 Å². The highest BCUT2D eigenvalue weighted by molar-refractivity contribution is 5.82. The van der Waals surface area contributed by atoms with Gasteiger partial charge in [0, 0.05) is 18.5 Å². The first-order chi connectivity index (χ1) is 8.26. The van der Waals surface area contributed by atoms with Crippen LogP contribution in [0.4, 0.5) is 0 Å². The minimum atomic E-state index is -0.462. The van der Waals surface area contributed by atoms with Crippen molar-refractivity contribution in [2.75, 3.05) is 6.54 Å². The summed E-state index contributed by atoms with van der Waals surface area (Å²) in [6.45, 7) is 8.15. The van der Waals surface area contributed by atoms with Crippen LogP contribution < -0.4 is 16.4 Å². The molecule has 0 radical (unpaired) electrons. The quantitative estimate of drug-likeness (QED) is 0.634. The first-order valence-corrected chi connectivity index (χ1v) is 6.60. The van der Waals surface area contributed by atoms with Crippen LogP contribution in [0.2, 0.25) is 0 Å². The van der Waals surface area contributed by atoms with E-state index in [4.69, 9.17) is 5.73 Å². The molecule has 18 heavy (non-hydrogen) atoms. The lowest BCUT2D eigenvalue weighted by molar-refractivity contribution is -0.123. The minimum absolute atomic E-state index is 0.0649. The predicted octanol–water partition coefficient (Wildman–Crippen LogP) is 0.925. The SMILES string of the molecule is CCCCC(N)C(=O)NCCC(=O)NC(C)(C)C. The van der Waals surface area contributed by atoms with Gasteiger partial charge in [0.05, 0.1) is 6.04 Å². The average Bonchev–Trinajstić information content (AvgIpc) is 2.23. The molecule has 0 aromatic heterocycles. The summed E-state index contributed by atoms with van der Waals surface area (Å²) in [6.07, 6.45) is 2.94. The van der Waals surface area contributed by atoms with E-state index in [1.807, 2.05) is 20.8 Å². The monoisotopic (exact) mass is 257 g/mol. The Labute approximate surface area is 110 Å². The van der Waals surface area contributed by atoms with Gasteiger partial charge in [0.1, 0.15) is 0 Å². The van der Waals surface area contributed by atoms with E-state index in [-0.39, 0.29) is 23.8 Å². The van der Waals surface area contributed by atoms with E-state index in [9.17, 15) is 9.59 Å². The van der Waals surface area contributed by atoms with Crippen molar-refractivity contribution in [3.63, 3.8) is 0 Å². The molecule has 0 saturated heterocycles. The number of hydrogen-bond donors (Lipinski definition) is 3. The molecule has 0 spiro atoms. The first kappa shape index (κ1) is 16.9. The fourth-order valence-corrected chi connectivity index (χ4v) is 1.47. The van der Waals surface area contributed by atoms with Crippen molar-refractivity contribution in [3.05, 3.63) is 0 Å². The van der Waals surface area contributed by atoms with Gasteiger partial charge in [-0.3, -0.25) is 9.59 Å². The van der Waals surface area contributed by atoms with Crippen LogP contribution in [0, 0.1) is 0 Å². The topological polar surface area (TPSA) is 84.2 Å². The molecule has 4 N–H and O–H groups in total. The van der Waals surface area contributed by atoms with Crippen molar-refractivity contribution < 1.29 is 9.59 Å². The standard InChI is InChI=1S/C13H27N3O2/c1-5-6-7-10(14)12(18)15-9-8-11(17)16-13(2,3)4/h10H,5-9,14H2,1-4H3,(H,15,18)(H,16,17). The Morgan fingerprint density at radius 2 is 1.89 bits per heavy atom. The highest BCUT2D eigenvalue weighted by atomic mass is 16.2. The summed E-state index contributed by atoms with van der Waals surface area (Å²) in [5.74, 6) is -0.239. The molecule has 5 nitrogen and oxygen atoms in total. The van der Waals surface area contributed by atoms with Gasteiger partial charge in [0.2, 0.25) is 11.8 Å². The molecule has 0 rings (SSSR count). The zero-order valence-corrected chi connectivity index (χ0v) is 12.0. The Hall–Kier alpha value is -1.10. The van der Waals surface area contributed by atoms with Crippen LogP contribution >= 0.6 is 0 Å². The number of nitrogens with one attached hydrogen (secondary N) is 2. The van der Waals surface area contributed by atoms with Crippen LogP contribution in [0.15, 0.2) is 0 Å². The molecule has 2 amide bonds. The Morgan fingerprint density at radius 1 is 1.28 bits per heavy atom. The normalized spacial score (nSPS) is 12.9. The summed E-state index contributed by atoms with van der Waals surface area (Å²) in [6, 6.07) is -0.462. The van der Waals surface area contributed by atoms with Crippen LogP contribution in [0.5, 0.6) is 0 Å². The predicted molar refractivity (Wildman–Crippen MR) is 73.0 cm³/mol. The average molecular weight is 257 g/mol. The van der Waals surface area contributed by atoms with Gasteiger partial charge in [-0.25, -0.2) is 0 Å². The zero-order chi connectivity index (χ0) is 14.2. The lowest BCUT2D eigenvalue weighted by Crippen LogP contribution is -2.44. The van der Waals surface area contributed by atoms with Gasteiger partial charge in [-0.15, -0.1) is 0 Å². The van der Waals surface area contributed by atoms with E-state index in [2.05, 4.69) is 17.6 Å². The smallest absolute Gasteiger partial charge is 0.236 e.